The molecule has 152 valence electrons. The van der Waals surface area contributed by atoms with Gasteiger partial charge in [0.1, 0.15) is 0 Å². The lowest BCUT2D eigenvalue weighted by Crippen LogP contribution is -2.23. The van der Waals surface area contributed by atoms with E-state index in [1.807, 2.05) is 31.2 Å². The summed E-state index contributed by atoms with van der Waals surface area (Å²) in [6.45, 7) is 5.49. The van der Waals surface area contributed by atoms with Crippen LogP contribution in [0.5, 0.6) is 0 Å². The zero-order chi connectivity index (χ0) is 21.0. The third-order valence-corrected chi connectivity index (χ3v) is 5.63. The second-order valence-electron chi connectivity index (χ2n) is 6.39. The maximum Gasteiger partial charge on any atom is 0.338 e. The predicted octanol–water partition coefficient (Wildman–Crippen LogP) is 3.26. The van der Waals surface area contributed by atoms with Crippen molar-refractivity contribution in [2.24, 2.45) is 0 Å². The summed E-state index contributed by atoms with van der Waals surface area (Å²) >= 11 is 0. The van der Waals surface area contributed by atoms with Crippen LogP contribution in [0.1, 0.15) is 41.8 Å². The Balaban J connectivity index is 1.74. The lowest BCUT2D eigenvalue weighted by molar-refractivity contribution is 0.0279. The van der Waals surface area contributed by atoms with E-state index in [0.717, 1.165) is 11.1 Å². The summed E-state index contributed by atoms with van der Waals surface area (Å²) in [6.07, 6.45) is -0.803. The van der Waals surface area contributed by atoms with Gasteiger partial charge in [0.25, 0.3) is 5.89 Å². The molecule has 1 N–H and O–H groups in total. The van der Waals surface area contributed by atoms with Gasteiger partial charge in [0.2, 0.25) is 15.9 Å². The third-order valence-electron chi connectivity index (χ3n) is 4.09. The molecule has 0 saturated carbocycles. The third kappa shape index (κ3) is 4.87. The summed E-state index contributed by atoms with van der Waals surface area (Å²) < 4.78 is 37.6. The molecule has 0 saturated heterocycles. The average Bonchev–Trinajstić information content (AvgIpc) is 3.19. The largest absolute Gasteiger partial charge is 0.449 e. The first-order valence-electron chi connectivity index (χ1n) is 9.01. The molecule has 8 nitrogen and oxygen atoms in total. The highest BCUT2D eigenvalue weighted by Gasteiger charge is 2.21. The highest BCUT2D eigenvalue weighted by Crippen LogP contribution is 2.23. The topological polar surface area (TPSA) is 111 Å². The molecule has 2 aromatic carbocycles. The monoisotopic (exact) mass is 415 g/mol. The minimum Gasteiger partial charge on any atom is -0.449 e. The van der Waals surface area contributed by atoms with E-state index in [2.05, 4.69) is 14.9 Å². The van der Waals surface area contributed by atoms with Crippen LogP contribution in [0.4, 0.5) is 0 Å². The number of carbonyl (C=O) groups is 1. The number of nitrogens with one attached hydrogen (secondary N) is 1. The number of esters is 1. The minimum absolute atomic E-state index is 0.0131. The van der Waals surface area contributed by atoms with Crippen LogP contribution in [0.3, 0.4) is 0 Å². The maximum absolute atomic E-state index is 12.5. The molecule has 1 unspecified atom stereocenters. The van der Waals surface area contributed by atoms with Crippen LogP contribution in [0, 0.1) is 6.92 Å². The number of hydrogen-bond acceptors (Lipinski definition) is 7. The minimum atomic E-state index is -3.68. The summed E-state index contributed by atoms with van der Waals surface area (Å²) in [5.74, 6) is -0.229. The first-order chi connectivity index (χ1) is 13.8. The first-order valence-corrected chi connectivity index (χ1v) is 10.5. The van der Waals surface area contributed by atoms with Crippen molar-refractivity contribution in [1.29, 1.82) is 0 Å². The number of nitrogens with zero attached hydrogens (tertiary/aromatic N) is 2. The normalized spacial score (nSPS) is 12.5. The number of benzene rings is 2. The summed E-state index contributed by atoms with van der Waals surface area (Å²) in [6, 6.07) is 13.2. The molecule has 9 heteroatoms. The number of rotatable bonds is 7. The quantitative estimate of drug-likeness (QED) is 0.590. The van der Waals surface area contributed by atoms with E-state index in [4.69, 9.17) is 9.15 Å². The molecule has 0 aliphatic heterocycles. The molecule has 0 bridgehead atoms. The van der Waals surface area contributed by atoms with Gasteiger partial charge < -0.3 is 9.15 Å². The highest BCUT2D eigenvalue weighted by atomic mass is 32.2. The average molecular weight is 415 g/mol. The van der Waals surface area contributed by atoms with E-state index in [9.17, 15) is 13.2 Å². The fourth-order valence-corrected chi connectivity index (χ4v) is 3.64. The number of aryl methyl sites for hydroxylation is 1. The Morgan fingerprint density at radius 2 is 1.90 bits per heavy atom. The molecule has 29 heavy (non-hydrogen) atoms. The van der Waals surface area contributed by atoms with Gasteiger partial charge in [-0.3, -0.25) is 0 Å². The molecule has 0 fully saturated rings. The first kappa shape index (κ1) is 20.7. The highest BCUT2D eigenvalue weighted by molar-refractivity contribution is 7.89. The Morgan fingerprint density at radius 1 is 1.17 bits per heavy atom. The van der Waals surface area contributed by atoms with E-state index >= 15 is 0 Å². The second kappa shape index (κ2) is 8.54. The van der Waals surface area contributed by atoms with E-state index in [-0.39, 0.29) is 22.9 Å². The molecule has 0 amide bonds. The van der Waals surface area contributed by atoms with Gasteiger partial charge in [-0.1, -0.05) is 30.7 Å². The Morgan fingerprint density at radius 3 is 2.59 bits per heavy atom. The van der Waals surface area contributed by atoms with Gasteiger partial charge in [0.05, 0.1) is 10.5 Å². The standard InChI is InChI=1S/C20H21N3O5S/c1-4-21-29(25,26)17-7-5-6-16(12-17)20(24)27-14(3)18-22-23-19(28-18)15-10-8-13(2)9-11-15/h5-12,14,21H,4H2,1-3H3. The molecular formula is C20H21N3O5S. The Hall–Kier alpha value is -3.04. The smallest absolute Gasteiger partial charge is 0.338 e. The van der Waals surface area contributed by atoms with Crippen LogP contribution in [0.2, 0.25) is 0 Å². The Labute approximate surface area is 169 Å². The van der Waals surface area contributed by atoms with Gasteiger partial charge in [0.15, 0.2) is 6.10 Å². The lowest BCUT2D eigenvalue weighted by atomic mass is 10.1. The summed E-state index contributed by atoms with van der Waals surface area (Å²) in [5.41, 5.74) is 1.97. The molecule has 0 aliphatic carbocycles. The van der Waals surface area contributed by atoms with E-state index in [0.29, 0.717) is 5.89 Å². The van der Waals surface area contributed by atoms with Crippen molar-refractivity contribution in [2.75, 3.05) is 6.54 Å². The van der Waals surface area contributed by atoms with Crippen molar-refractivity contribution in [2.45, 2.75) is 31.8 Å². The van der Waals surface area contributed by atoms with Crippen molar-refractivity contribution in [3.63, 3.8) is 0 Å². The van der Waals surface area contributed by atoms with Crippen LogP contribution >= 0.6 is 0 Å². The van der Waals surface area contributed by atoms with Gasteiger partial charge in [-0.25, -0.2) is 17.9 Å². The van der Waals surface area contributed by atoms with E-state index in [1.165, 1.54) is 24.3 Å². The Kier molecular flexibility index (Phi) is 6.09. The summed E-state index contributed by atoms with van der Waals surface area (Å²) in [4.78, 5) is 12.4. The van der Waals surface area contributed by atoms with Crippen molar-refractivity contribution in [3.05, 3.63) is 65.5 Å². The fraction of sp³-hybridized carbons (Fsp3) is 0.250. The van der Waals surface area contributed by atoms with Crippen LogP contribution in [-0.4, -0.2) is 31.1 Å². The van der Waals surface area contributed by atoms with Crippen molar-refractivity contribution in [1.82, 2.24) is 14.9 Å². The number of hydrogen-bond donors (Lipinski definition) is 1. The molecule has 3 rings (SSSR count). The van der Waals surface area contributed by atoms with Crippen LogP contribution in [0.15, 0.2) is 57.8 Å². The fourth-order valence-electron chi connectivity index (χ4n) is 2.55. The van der Waals surface area contributed by atoms with Crippen LogP contribution in [-0.2, 0) is 14.8 Å². The molecule has 1 heterocycles. The molecule has 0 aliphatic rings. The van der Waals surface area contributed by atoms with Crippen LogP contribution < -0.4 is 4.72 Å². The molecular weight excluding hydrogens is 394 g/mol. The van der Waals surface area contributed by atoms with Gasteiger partial charge >= 0.3 is 5.97 Å². The van der Waals surface area contributed by atoms with Crippen molar-refractivity contribution < 1.29 is 22.4 Å². The van der Waals surface area contributed by atoms with Crippen molar-refractivity contribution >= 4 is 16.0 Å². The number of aromatic nitrogens is 2. The van der Waals surface area contributed by atoms with Gasteiger partial charge in [0, 0.05) is 12.1 Å². The van der Waals surface area contributed by atoms with Gasteiger partial charge in [-0.15, -0.1) is 10.2 Å². The molecule has 3 aromatic rings. The Bertz CT molecular complexity index is 1110. The number of ether oxygens (including phenoxy) is 1. The van der Waals surface area contributed by atoms with Crippen LogP contribution in [0.25, 0.3) is 11.5 Å². The predicted molar refractivity (Wildman–Crippen MR) is 106 cm³/mol. The van der Waals surface area contributed by atoms with Gasteiger partial charge in [-0.05, 0) is 44.2 Å². The summed E-state index contributed by atoms with van der Waals surface area (Å²) in [7, 11) is -3.68. The zero-order valence-corrected chi connectivity index (χ0v) is 17.1. The van der Waals surface area contributed by atoms with Gasteiger partial charge in [-0.2, -0.15) is 0 Å². The lowest BCUT2D eigenvalue weighted by Gasteiger charge is -2.10. The van der Waals surface area contributed by atoms with E-state index < -0.39 is 22.1 Å². The molecule has 1 atom stereocenters. The van der Waals surface area contributed by atoms with Crippen molar-refractivity contribution in [3.8, 4) is 11.5 Å². The maximum atomic E-state index is 12.5. The van der Waals surface area contributed by atoms with E-state index in [1.54, 1.807) is 13.8 Å². The second-order valence-corrected chi connectivity index (χ2v) is 8.16. The summed E-state index contributed by atoms with van der Waals surface area (Å²) in [5, 5.41) is 7.93. The zero-order valence-electron chi connectivity index (χ0n) is 16.2. The number of carbonyl (C=O) groups excluding carboxylic acids is 1. The molecule has 0 radical (unpaired) electrons. The SMILES string of the molecule is CCNS(=O)(=O)c1cccc(C(=O)OC(C)c2nnc(-c3ccc(C)cc3)o2)c1. The molecule has 0 spiro atoms. The molecule has 1 aromatic heterocycles. The number of sulfonamides is 1.